The first kappa shape index (κ1) is 15.5. The van der Waals surface area contributed by atoms with Gasteiger partial charge in [0.15, 0.2) is 0 Å². The van der Waals surface area contributed by atoms with Gasteiger partial charge in [0, 0.05) is 12.8 Å². The molecule has 1 rings (SSSR count). The van der Waals surface area contributed by atoms with Gasteiger partial charge in [0.25, 0.3) is 0 Å². The molecule has 0 saturated carbocycles. The number of sulfone groups is 1. The summed E-state index contributed by atoms with van der Waals surface area (Å²) in [5.74, 6) is -0.350. The summed E-state index contributed by atoms with van der Waals surface area (Å²) in [6.07, 6.45) is 1.20. The van der Waals surface area contributed by atoms with Crippen molar-refractivity contribution >= 4 is 15.7 Å². The lowest BCUT2D eigenvalue weighted by atomic mass is 10.2. The van der Waals surface area contributed by atoms with Crippen LogP contribution in [0.4, 0.5) is 0 Å². The standard InChI is InChI=1S/C12H18N2O4S/c1-19(17,18)7-6-11(13)12(16)14-8-9-2-4-10(15)5-3-9/h2-5,11,15H,6-8,13H2,1H3,(H,14,16). The van der Waals surface area contributed by atoms with Crippen LogP contribution in [0.15, 0.2) is 24.3 Å². The largest absolute Gasteiger partial charge is 0.508 e. The van der Waals surface area contributed by atoms with E-state index in [1.165, 1.54) is 12.1 Å². The van der Waals surface area contributed by atoms with Crippen LogP contribution in [0.2, 0.25) is 0 Å². The van der Waals surface area contributed by atoms with Crippen molar-refractivity contribution < 1.29 is 18.3 Å². The Labute approximate surface area is 112 Å². The Morgan fingerprint density at radius 3 is 2.47 bits per heavy atom. The van der Waals surface area contributed by atoms with Gasteiger partial charge in [0.05, 0.1) is 11.8 Å². The Morgan fingerprint density at radius 1 is 1.37 bits per heavy atom. The molecule has 0 radical (unpaired) electrons. The monoisotopic (exact) mass is 286 g/mol. The van der Waals surface area contributed by atoms with Gasteiger partial charge in [0.2, 0.25) is 5.91 Å². The van der Waals surface area contributed by atoms with Crippen molar-refractivity contribution in [3.63, 3.8) is 0 Å². The number of carbonyl (C=O) groups excluding carboxylic acids is 1. The van der Waals surface area contributed by atoms with E-state index in [1.54, 1.807) is 12.1 Å². The number of hydrogen-bond acceptors (Lipinski definition) is 5. The van der Waals surface area contributed by atoms with E-state index in [0.717, 1.165) is 11.8 Å². The van der Waals surface area contributed by atoms with Crippen molar-refractivity contribution in [1.29, 1.82) is 0 Å². The molecule has 7 heteroatoms. The number of nitrogens with two attached hydrogens (primary N) is 1. The van der Waals surface area contributed by atoms with Gasteiger partial charge in [0.1, 0.15) is 15.6 Å². The van der Waals surface area contributed by atoms with E-state index in [1.807, 2.05) is 0 Å². The Hall–Kier alpha value is -1.60. The quantitative estimate of drug-likeness (QED) is 0.669. The van der Waals surface area contributed by atoms with Gasteiger partial charge in [-0.1, -0.05) is 12.1 Å². The summed E-state index contributed by atoms with van der Waals surface area (Å²) in [6, 6.07) is 5.55. The summed E-state index contributed by atoms with van der Waals surface area (Å²) < 4.78 is 21.9. The van der Waals surface area contributed by atoms with Crippen LogP contribution < -0.4 is 11.1 Å². The molecule has 0 fully saturated rings. The maximum Gasteiger partial charge on any atom is 0.237 e. The molecule has 0 heterocycles. The highest BCUT2D eigenvalue weighted by atomic mass is 32.2. The zero-order chi connectivity index (χ0) is 14.5. The smallest absolute Gasteiger partial charge is 0.237 e. The van der Waals surface area contributed by atoms with Gasteiger partial charge in [-0.2, -0.15) is 0 Å². The molecule has 0 aliphatic carbocycles. The fraction of sp³-hybridized carbons (Fsp3) is 0.417. The topological polar surface area (TPSA) is 109 Å². The first-order valence-corrected chi connectivity index (χ1v) is 7.83. The lowest BCUT2D eigenvalue weighted by molar-refractivity contribution is -0.122. The van der Waals surface area contributed by atoms with Crippen LogP contribution in [0.3, 0.4) is 0 Å². The van der Waals surface area contributed by atoms with E-state index in [0.29, 0.717) is 0 Å². The maximum atomic E-state index is 11.6. The normalized spacial score (nSPS) is 12.9. The number of rotatable bonds is 6. The van der Waals surface area contributed by atoms with Crippen molar-refractivity contribution in [3.8, 4) is 5.75 Å². The minimum atomic E-state index is -3.11. The van der Waals surface area contributed by atoms with Crippen LogP contribution in [0.1, 0.15) is 12.0 Å². The van der Waals surface area contributed by atoms with Gasteiger partial charge in [-0.05, 0) is 24.1 Å². The summed E-state index contributed by atoms with van der Waals surface area (Å²) in [5.41, 5.74) is 6.42. The minimum absolute atomic E-state index is 0.0975. The van der Waals surface area contributed by atoms with Gasteiger partial charge >= 0.3 is 0 Å². The summed E-state index contributed by atoms with van der Waals surface area (Å²) in [4.78, 5) is 11.6. The number of phenols is 1. The molecule has 0 aliphatic rings. The summed E-state index contributed by atoms with van der Waals surface area (Å²) >= 11 is 0. The van der Waals surface area contributed by atoms with Crippen LogP contribution in [0.25, 0.3) is 0 Å². The van der Waals surface area contributed by atoms with Crippen LogP contribution in [-0.2, 0) is 21.2 Å². The number of carbonyl (C=O) groups is 1. The molecule has 6 nitrogen and oxygen atoms in total. The molecule has 1 aromatic rings. The van der Waals surface area contributed by atoms with Crippen LogP contribution in [-0.4, -0.2) is 37.5 Å². The fourth-order valence-corrected chi connectivity index (χ4v) is 2.09. The van der Waals surface area contributed by atoms with Gasteiger partial charge in [-0.3, -0.25) is 4.79 Å². The number of amides is 1. The lowest BCUT2D eigenvalue weighted by Gasteiger charge is -2.11. The van der Waals surface area contributed by atoms with Crippen LogP contribution >= 0.6 is 0 Å². The van der Waals surface area contributed by atoms with E-state index < -0.39 is 21.8 Å². The molecule has 1 amide bonds. The molecular formula is C12H18N2O4S. The third-order valence-electron chi connectivity index (χ3n) is 2.54. The first-order valence-electron chi connectivity index (χ1n) is 5.77. The second-order valence-electron chi connectivity index (χ2n) is 4.41. The van der Waals surface area contributed by atoms with E-state index in [-0.39, 0.29) is 24.5 Å². The first-order chi connectivity index (χ1) is 8.78. The lowest BCUT2D eigenvalue weighted by Crippen LogP contribution is -2.41. The van der Waals surface area contributed by atoms with Crippen molar-refractivity contribution in [1.82, 2.24) is 5.32 Å². The molecule has 0 aliphatic heterocycles. The molecule has 106 valence electrons. The summed E-state index contributed by atoms with van der Waals surface area (Å²) in [5, 5.41) is 11.7. The molecular weight excluding hydrogens is 268 g/mol. The second kappa shape index (κ2) is 6.53. The minimum Gasteiger partial charge on any atom is -0.508 e. The highest BCUT2D eigenvalue weighted by Crippen LogP contribution is 2.09. The molecule has 1 unspecified atom stereocenters. The Bertz CT molecular complexity index is 525. The highest BCUT2D eigenvalue weighted by molar-refractivity contribution is 7.90. The van der Waals surface area contributed by atoms with Gasteiger partial charge in [-0.25, -0.2) is 8.42 Å². The molecule has 4 N–H and O–H groups in total. The average Bonchev–Trinajstić information content (AvgIpc) is 2.34. The SMILES string of the molecule is CS(=O)(=O)CCC(N)C(=O)NCc1ccc(O)cc1. The number of benzene rings is 1. The van der Waals surface area contributed by atoms with E-state index >= 15 is 0 Å². The maximum absolute atomic E-state index is 11.6. The Kier molecular flexibility index (Phi) is 5.31. The van der Waals surface area contributed by atoms with Crippen molar-refractivity contribution in [2.45, 2.75) is 19.0 Å². The molecule has 0 aromatic heterocycles. The predicted molar refractivity (Wildman–Crippen MR) is 72.3 cm³/mol. The van der Waals surface area contributed by atoms with Crippen LogP contribution in [0.5, 0.6) is 5.75 Å². The molecule has 0 bridgehead atoms. The zero-order valence-electron chi connectivity index (χ0n) is 10.7. The molecule has 1 aromatic carbocycles. The van der Waals surface area contributed by atoms with Crippen molar-refractivity contribution in [2.75, 3.05) is 12.0 Å². The summed E-state index contributed by atoms with van der Waals surface area (Å²) in [6.45, 7) is 0.283. The Balaban J connectivity index is 2.40. The van der Waals surface area contributed by atoms with Crippen molar-refractivity contribution in [2.24, 2.45) is 5.73 Å². The zero-order valence-corrected chi connectivity index (χ0v) is 11.5. The molecule has 1 atom stereocenters. The van der Waals surface area contributed by atoms with Gasteiger partial charge < -0.3 is 16.2 Å². The number of hydrogen-bond donors (Lipinski definition) is 3. The third kappa shape index (κ3) is 6.21. The Morgan fingerprint density at radius 2 is 1.95 bits per heavy atom. The molecule has 19 heavy (non-hydrogen) atoms. The summed E-state index contributed by atoms with van der Waals surface area (Å²) in [7, 11) is -3.11. The van der Waals surface area contributed by atoms with Crippen LogP contribution in [0, 0.1) is 0 Å². The molecule has 0 spiro atoms. The number of aromatic hydroxyl groups is 1. The fourth-order valence-electron chi connectivity index (χ4n) is 1.41. The van der Waals surface area contributed by atoms with E-state index in [4.69, 9.17) is 10.8 Å². The number of phenolic OH excluding ortho intramolecular Hbond substituents is 1. The third-order valence-corrected chi connectivity index (χ3v) is 3.52. The second-order valence-corrected chi connectivity index (χ2v) is 6.67. The average molecular weight is 286 g/mol. The van der Waals surface area contributed by atoms with Gasteiger partial charge in [-0.15, -0.1) is 0 Å². The molecule has 0 saturated heterocycles. The van der Waals surface area contributed by atoms with Crippen molar-refractivity contribution in [3.05, 3.63) is 29.8 Å². The van der Waals surface area contributed by atoms with E-state index in [2.05, 4.69) is 5.32 Å². The van der Waals surface area contributed by atoms with E-state index in [9.17, 15) is 13.2 Å². The highest BCUT2D eigenvalue weighted by Gasteiger charge is 2.15. The predicted octanol–water partition coefficient (Wildman–Crippen LogP) is -0.230. The number of nitrogens with one attached hydrogen (secondary N) is 1.